The maximum atomic E-state index is 11.9. The molecule has 0 unspecified atom stereocenters. The number of rotatable bonds is 13. The predicted molar refractivity (Wildman–Crippen MR) is 112 cm³/mol. The van der Waals surface area contributed by atoms with Gasteiger partial charge in [-0.2, -0.15) is 11.8 Å². The van der Waals surface area contributed by atoms with E-state index in [1.807, 2.05) is 11.8 Å². The first-order chi connectivity index (χ1) is 13.7. The number of amides is 4. The van der Waals surface area contributed by atoms with E-state index < -0.39 is 5.60 Å². The normalized spacial score (nSPS) is 23.3. The number of urea groups is 1. The Morgan fingerprint density at radius 1 is 1.17 bits per heavy atom. The first kappa shape index (κ1) is 23.8. The number of fused-ring (bicyclic) bond motifs is 1. The fourth-order valence-corrected chi connectivity index (χ4v) is 4.84. The van der Waals surface area contributed by atoms with Gasteiger partial charge < -0.3 is 31.1 Å². The monoisotopic (exact) mass is 430 g/mol. The van der Waals surface area contributed by atoms with Crippen LogP contribution < -0.4 is 21.3 Å². The number of carbonyl (C=O) groups excluding carboxylic acids is 3. The van der Waals surface area contributed by atoms with Crippen LogP contribution in [0.5, 0.6) is 0 Å². The summed E-state index contributed by atoms with van der Waals surface area (Å²) in [7, 11) is 0. The van der Waals surface area contributed by atoms with Crippen molar-refractivity contribution >= 4 is 29.6 Å². The second-order valence-electron chi connectivity index (χ2n) is 8.17. The van der Waals surface area contributed by atoms with Crippen molar-refractivity contribution in [3.05, 3.63) is 0 Å². The van der Waals surface area contributed by atoms with Gasteiger partial charge in [0.25, 0.3) is 0 Å². The maximum Gasteiger partial charge on any atom is 0.315 e. The number of hydrogen-bond donors (Lipinski definition) is 5. The van der Waals surface area contributed by atoms with Crippen LogP contribution >= 0.6 is 11.8 Å². The van der Waals surface area contributed by atoms with Gasteiger partial charge in [0.2, 0.25) is 11.8 Å². The molecule has 3 atom stereocenters. The molecule has 0 radical (unpaired) electrons. The molecule has 0 aliphatic carbocycles. The average Bonchev–Trinajstić information content (AvgIpc) is 3.18. The summed E-state index contributed by atoms with van der Waals surface area (Å²) in [5, 5.41) is 21.3. The molecule has 2 heterocycles. The Morgan fingerprint density at radius 3 is 2.69 bits per heavy atom. The van der Waals surface area contributed by atoms with Gasteiger partial charge in [-0.1, -0.05) is 6.42 Å². The van der Waals surface area contributed by atoms with E-state index in [0.29, 0.717) is 24.8 Å². The molecule has 2 saturated heterocycles. The molecule has 2 rings (SSSR count). The van der Waals surface area contributed by atoms with E-state index in [-0.39, 0.29) is 49.5 Å². The van der Waals surface area contributed by atoms with Crippen LogP contribution in [0.2, 0.25) is 0 Å². The summed E-state index contributed by atoms with van der Waals surface area (Å²) < 4.78 is 5.35. The van der Waals surface area contributed by atoms with Crippen LogP contribution in [0.15, 0.2) is 0 Å². The highest BCUT2D eigenvalue weighted by atomic mass is 32.2. The Balaban J connectivity index is 1.41. The van der Waals surface area contributed by atoms with E-state index in [9.17, 15) is 19.5 Å². The molecule has 29 heavy (non-hydrogen) atoms. The van der Waals surface area contributed by atoms with Crippen LogP contribution in [0.3, 0.4) is 0 Å². The largest absolute Gasteiger partial charge is 0.389 e. The van der Waals surface area contributed by atoms with E-state index in [4.69, 9.17) is 4.74 Å². The quantitative estimate of drug-likeness (QED) is 0.209. The zero-order valence-corrected chi connectivity index (χ0v) is 18.1. The molecule has 0 aromatic heterocycles. The van der Waals surface area contributed by atoms with Gasteiger partial charge in [0.05, 0.1) is 30.9 Å². The van der Waals surface area contributed by atoms with E-state index in [1.165, 1.54) is 0 Å². The van der Waals surface area contributed by atoms with Crippen LogP contribution in [-0.2, 0) is 14.3 Å². The molecule has 0 spiro atoms. The van der Waals surface area contributed by atoms with Crippen molar-refractivity contribution in [1.29, 1.82) is 0 Å². The zero-order valence-electron chi connectivity index (χ0n) is 17.3. The van der Waals surface area contributed by atoms with Crippen molar-refractivity contribution in [2.45, 2.75) is 68.9 Å². The molecule has 0 saturated carbocycles. The van der Waals surface area contributed by atoms with E-state index in [2.05, 4.69) is 21.3 Å². The molecule has 2 aliphatic heterocycles. The molecule has 2 aliphatic rings. The van der Waals surface area contributed by atoms with Crippen LogP contribution in [-0.4, -0.2) is 77.9 Å². The van der Waals surface area contributed by atoms with E-state index >= 15 is 0 Å². The van der Waals surface area contributed by atoms with E-state index in [0.717, 1.165) is 25.0 Å². The lowest BCUT2D eigenvalue weighted by Gasteiger charge is -2.17. The fourth-order valence-electron chi connectivity index (χ4n) is 3.30. The topological polar surface area (TPSA) is 129 Å². The highest BCUT2D eigenvalue weighted by Crippen LogP contribution is 2.33. The Bertz CT molecular complexity index is 569. The molecule has 0 aromatic carbocycles. The number of nitrogens with one attached hydrogen (secondary N) is 4. The third kappa shape index (κ3) is 9.22. The summed E-state index contributed by atoms with van der Waals surface area (Å²) in [6.07, 6.45) is 3.49. The number of thioether (sulfide) groups is 1. The molecule has 2 fully saturated rings. The van der Waals surface area contributed by atoms with Crippen molar-refractivity contribution in [3.63, 3.8) is 0 Å². The first-order valence-corrected chi connectivity index (χ1v) is 11.3. The summed E-state index contributed by atoms with van der Waals surface area (Å²) in [6, 6.07) is 0.394. The number of unbranched alkanes of at least 4 members (excludes halogenated alkanes) is 1. The third-order valence-electron chi connectivity index (χ3n) is 4.84. The van der Waals surface area contributed by atoms with Crippen molar-refractivity contribution in [3.8, 4) is 0 Å². The van der Waals surface area contributed by atoms with Gasteiger partial charge in [-0.05, 0) is 26.7 Å². The van der Waals surface area contributed by atoms with Crippen LogP contribution in [0.25, 0.3) is 0 Å². The van der Waals surface area contributed by atoms with Gasteiger partial charge in [0.15, 0.2) is 0 Å². The third-order valence-corrected chi connectivity index (χ3v) is 6.35. The minimum Gasteiger partial charge on any atom is -0.389 e. The van der Waals surface area contributed by atoms with Gasteiger partial charge in [-0.15, -0.1) is 0 Å². The number of ether oxygens (including phenoxy) is 1. The molecular weight excluding hydrogens is 396 g/mol. The lowest BCUT2D eigenvalue weighted by molar-refractivity contribution is -0.124. The Kier molecular flexibility index (Phi) is 9.51. The summed E-state index contributed by atoms with van der Waals surface area (Å²) in [4.78, 5) is 34.8. The molecule has 5 N–H and O–H groups in total. The van der Waals surface area contributed by atoms with Crippen LogP contribution in [0, 0.1) is 0 Å². The zero-order chi connectivity index (χ0) is 21.3. The molecule has 9 nitrogen and oxygen atoms in total. The fraction of sp³-hybridized carbons (Fsp3) is 0.842. The second-order valence-corrected chi connectivity index (χ2v) is 9.44. The molecule has 4 amide bonds. The lowest BCUT2D eigenvalue weighted by atomic mass is 10.0. The first-order valence-electron chi connectivity index (χ1n) is 10.3. The van der Waals surface area contributed by atoms with Gasteiger partial charge in [-0.3, -0.25) is 9.59 Å². The summed E-state index contributed by atoms with van der Waals surface area (Å²) in [6.45, 7) is 4.51. The standard InChI is InChI=1S/C19H34N4O5S/c1-19(2,27)12-21-16(25)7-9-28-10-8-20-15(24)6-4-3-5-14-17-13(11-29-14)22-18(26)23-17/h13-14,17,27H,3-12H2,1-2H3,(H,20,24)(H,21,25)(H2,22,23,26)/t13-,14-,17-/m0/s1. The average molecular weight is 431 g/mol. The van der Waals surface area contributed by atoms with Crippen molar-refractivity contribution in [2.24, 2.45) is 0 Å². The molecule has 0 bridgehead atoms. The lowest BCUT2D eigenvalue weighted by Crippen LogP contribution is -2.38. The van der Waals surface area contributed by atoms with E-state index in [1.54, 1.807) is 13.8 Å². The minimum absolute atomic E-state index is 0.00399. The van der Waals surface area contributed by atoms with Crippen LogP contribution in [0.4, 0.5) is 4.79 Å². The number of aliphatic hydroxyl groups is 1. The molecule has 0 aromatic rings. The van der Waals surface area contributed by atoms with Gasteiger partial charge >= 0.3 is 6.03 Å². The summed E-state index contributed by atoms with van der Waals surface area (Å²) in [5.41, 5.74) is -0.928. The Labute approximate surface area is 176 Å². The van der Waals surface area contributed by atoms with Gasteiger partial charge in [0, 0.05) is 36.9 Å². The maximum absolute atomic E-state index is 11.9. The highest BCUT2D eigenvalue weighted by Gasteiger charge is 2.42. The number of carbonyl (C=O) groups is 3. The van der Waals surface area contributed by atoms with Crippen molar-refractivity contribution in [1.82, 2.24) is 21.3 Å². The van der Waals surface area contributed by atoms with Crippen molar-refractivity contribution < 1.29 is 24.2 Å². The predicted octanol–water partition coefficient (Wildman–Crippen LogP) is 0.122. The number of hydrogen-bond acceptors (Lipinski definition) is 6. The Morgan fingerprint density at radius 2 is 1.93 bits per heavy atom. The van der Waals surface area contributed by atoms with Crippen LogP contribution in [0.1, 0.15) is 46.0 Å². The van der Waals surface area contributed by atoms with Gasteiger partial charge in [-0.25, -0.2) is 4.79 Å². The smallest absolute Gasteiger partial charge is 0.315 e. The van der Waals surface area contributed by atoms with Crippen molar-refractivity contribution in [2.75, 3.05) is 32.1 Å². The second kappa shape index (κ2) is 11.6. The van der Waals surface area contributed by atoms with Gasteiger partial charge in [0.1, 0.15) is 0 Å². The Hall–Kier alpha value is -1.52. The minimum atomic E-state index is -0.928. The SMILES string of the molecule is CC(C)(O)CNC(=O)CCOCCNC(=O)CCCC[C@@H]1SC[C@@H]2NC(=O)N[C@@H]21. The molecular formula is C19H34N4O5S. The summed E-state index contributed by atoms with van der Waals surface area (Å²) in [5.74, 6) is 0.787. The molecule has 166 valence electrons. The molecule has 10 heteroatoms. The highest BCUT2D eigenvalue weighted by molar-refractivity contribution is 8.00. The summed E-state index contributed by atoms with van der Waals surface area (Å²) >= 11 is 1.89.